The van der Waals surface area contributed by atoms with E-state index in [-0.39, 0.29) is 0 Å². The van der Waals surface area contributed by atoms with Crippen LogP contribution in [-0.2, 0) is 0 Å². The predicted molar refractivity (Wildman–Crippen MR) is 71.7 cm³/mol. The zero-order chi connectivity index (χ0) is 8.72. The van der Waals surface area contributed by atoms with Crippen molar-refractivity contribution in [3.8, 4) is 0 Å². The second kappa shape index (κ2) is 3.30. The van der Waals surface area contributed by atoms with Crippen LogP contribution in [0, 0.1) is 7.14 Å². The van der Waals surface area contributed by atoms with E-state index in [1.807, 2.05) is 0 Å². The lowest BCUT2D eigenvalue weighted by Crippen LogP contribution is -1.87. The van der Waals surface area contributed by atoms with Crippen molar-refractivity contribution in [3.63, 3.8) is 0 Å². The molecule has 0 saturated carbocycles. The van der Waals surface area contributed by atoms with Gasteiger partial charge in [-0.3, -0.25) is 0 Å². The van der Waals surface area contributed by atoms with Crippen molar-refractivity contribution in [2.24, 2.45) is 0 Å². The van der Waals surface area contributed by atoms with Gasteiger partial charge in [-0.05, 0) is 57.3 Å². The highest BCUT2D eigenvalue weighted by Crippen LogP contribution is 2.31. The molecule has 0 bridgehead atoms. The van der Waals surface area contributed by atoms with Crippen LogP contribution in [0.15, 0.2) is 17.5 Å². The number of nitrogens with two attached hydrogens (primary N) is 1. The minimum absolute atomic E-state index is 0.874. The average Bonchev–Trinajstić information content (AvgIpc) is 2.35. The summed E-state index contributed by atoms with van der Waals surface area (Å²) in [5.41, 5.74) is 6.68. The van der Waals surface area contributed by atoms with Crippen LogP contribution in [0.1, 0.15) is 0 Å². The zero-order valence-corrected chi connectivity index (χ0v) is 11.1. The molecule has 1 nitrogen and oxygen atoms in total. The van der Waals surface area contributed by atoms with Gasteiger partial charge in [-0.25, -0.2) is 0 Å². The van der Waals surface area contributed by atoms with Gasteiger partial charge in [0.2, 0.25) is 0 Å². The van der Waals surface area contributed by atoms with E-state index < -0.39 is 0 Å². The summed E-state index contributed by atoms with van der Waals surface area (Å²) in [4.78, 5) is 0. The third kappa shape index (κ3) is 1.44. The lowest BCUT2D eigenvalue weighted by atomic mass is 10.2. The van der Waals surface area contributed by atoms with Gasteiger partial charge in [0.1, 0.15) is 0 Å². The van der Waals surface area contributed by atoms with Crippen molar-refractivity contribution >= 4 is 72.3 Å². The monoisotopic (exact) mass is 401 g/mol. The van der Waals surface area contributed by atoms with Gasteiger partial charge in [0.25, 0.3) is 0 Å². The number of halogens is 2. The number of anilines is 1. The van der Waals surface area contributed by atoms with Gasteiger partial charge in [-0.2, -0.15) is 0 Å². The van der Waals surface area contributed by atoms with Crippen molar-refractivity contribution in [1.82, 2.24) is 0 Å². The van der Waals surface area contributed by atoms with Crippen LogP contribution in [0.25, 0.3) is 10.1 Å². The zero-order valence-electron chi connectivity index (χ0n) is 5.97. The van der Waals surface area contributed by atoms with Crippen LogP contribution in [0.5, 0.6) is 0 Å². The number of hydrogen-bond donors (Lipinski definition) is 1. The molecule has 0 radical (unpaired) electrons. The summed E-state index contributed by atoms with van der Waals surface area (Å²) in [7, 11) is 0. The maximum Gasteiger partial charge on any atom is 0.0457 e. The second-order valence-electron chi connectivity index (χ2n) is 2.45. The van der Waals surface area contributed by atoms with Gasteiger partial charge < -0.3 is 5.73 Å². The van der Waals surface area contributed by atoms with Crippen LogP contribution in [0.2, 0.25) is 0 Å². The topological polar surface area (TPSA) is 26.0 Å². The Kier molecular flexibility index (Phi) is 2.48. The van der Waals surface area contributed by atoms with Gasteiger partial charge in [0, 0.05) is 28.3 Å². The first-order valence-electron chi connectivity index (χ1n) is 3.30. The molecule has 0 fully saturated rings. The van der Waals surface area contributed by atoms with Crippen LogP contribution in [0.4, 0.5) is 5.69 Å². The Hall–Kier alpha value is 0.440. The van der Waals surface area contributed by atoms with Crippen molar-refractivity contribution in [2.45, 2.75) is 0 Å². The van der Waals surface area contributed by atoms with Crippen LogP contribution in [0.3, 0.4) is 0 Å². The Morgan fingerprint density at radius 2 is 1.92 bits per heavy atom. The first-order valence-corrected chi connectivity index (χ1v) is 6.34. The minimum atomic E-state index is 0.874. The van der Waals surface area contributed by atoms with E-state index in [4.69, 9.17) is 5.73 Å². The molecule has 0 amide bonds. The summed E-state index contributed by atoms with van der Waals surface area (Å²) in [5, 5.41) is 3.43. The summed E-state index contributed by atoms with van der Waals surface area (Å²) in [6.45, 7) is 0. The molecule has 0 aliphatic rings. The van der Waals surface area contributed by atoms with E-state index in [2.05, 4.69) is 62.7 Å². The molecule has 2 N–H and O–H groups in total. The fourth-order valence-corrected chi connectivity index (χ4v) is 3.56. The number of rotatable bonds is 0. The Bertz CT molecular complexity index is 436. The molecular formula is C8H5I2NS. The first-order chi connectivity index (χ1) is 5.68. The van der Waals surface area contributed by atoms with Gasteiger partial charge >= 0.3 is 0 Å². The summed E-state index contributed by atoms with van der Waals surface area (Å²) >= 11 is 6.36. The first kappa shape index (κ1) is 9.01. The lowest BCUT2D eigenvalue weighted by Gasteiger charge is -1.97. The molecule has 0 aliphatic heterocycles. The molecule has 0 aliphatic carbocycles. The van der Waals surface area contributed by atoms with Gasteiger partial charge in [-0.1, -0.05) is 0 Å². The molecule has 0 spiro atoms. The summed E-state index contributed by atoms with van der Waals surface area (Å²) in [6.07, 6.45) is 0. The molecule has 12 heavy (non-hydrogen) atoms. The SMILES string of the molecule is Nc1cc2c(I)csc2cc1I. The quantitative estimate of drug-likeness (QED) is 0.529. The van der Waals surface area contributed by atoms with Crippen molar-refractivity contribution < 1.29 is 0 Å². The number of benzene rings is 1. The Morgan fingerprint density at radius 3 is 2.67 bits per heavy atom. The maximum atomic E-state index is 5.81. The van der Waals surface area contributed by atoms with Crippen molar-refractivity contribution in [1.29, 1.82) is 0 Å². The van der Waals surface area contributed by atoms with Crippen molar-refractivity contribution in [2.75, 3.05) is 5.73 Å². The fourth-order valence-electron chi connectivity index (χ4n) is 1.03. The number of hydrogen-bond acceptors (Lipinski definition) is 2. The van der Waals surface area contributed by atoms with E-state index in [9.17, 15) is 0 Å². The predicted octanol–water partition coefficient (Wildman–Crippen LogP) is 3.69. The van der Waals surface area contributed by atoms with Gasteiger partial charge in [0.05, 0.1) is 0 Å². The molecule has 1 aromatic heterocycles. The highest BCUT2D eigenvalue weighted by atomic mass is 127. The Balaban J connectivity index is 2.87. The van der Waals surface area contributed by atoms with Crippen LogP contribution >= 0.6 is 56.5 Å². The summed E-state index contributed by atoms with van der Waals surface area (Å²) in [5.74, 6) is 0. The molecule has 1 aromatic carbocycles. The summed E-state index contributed by atoms with van der Waals surface area (Å²) < 4.78 is 3.74. The lowest BCUT2D eigenvalue weighted by molar-refractivity contribution is 1.71. The van der Waals surface area contributed by atoms with Crippen molar-refractivity contribution in [3.05, 3.63) is 24.7 Å². The van der Waals surface area contributed by atoms with Crippen LogP contribution in [-0.4, -0.2) is 0 Å². The Morgan fingerprint density at radius 1 is 1.17 bits per heavy atom. The molecule has 1 heterocycles. The van der Waals surface area contributed by atoms with E-state index >= 15 is 0 Å². The second-order valence-corrected chi connectivity index (χ2v) is 5.69. The molecule has 0 atom stereocenters. The average molecular weight is 401 g/mol. The maximum absolute atomic E-state index is 5.81. The van der Waals surface area contributed by atoms with Gasteiger partial charge in [0.15, 0.2) is 0 Å². The van der Waals surface area contributed by atoms with E-state index in [1.54, 1.807) is 11.3 Å². The highest BCUT2D eigenvalue weighted by molar-refractivity contribution is 14.1. The highest BCUT2D eigenvalue weighted by Gasteiger charge is 2.03. The molecule has 2 aromatic rings. The van der Waals surface area contributed by atoms with E-state index in [0.29, 0.717) is 0 Å². The smallest absolute Gasteiger partial charge is 0.0457 e. The standard InChI is InChI=1S/C8H5I2NS/c9-5-2-8-4(1-7(5)11)6(10)3-12-8/h1-3H,11H2. The normalized spacial score (nSPS) is 10.8. The Labute approximate surface area is 102 Å². The number of thiophene rings is 1. The molecular weight excluding hydrogens is 396 g/mol. The largest absolute Gasteiger partial charge is 0.398 e. The van der Waals surface area contributed by atoms with Gasteiger partial charge in [-0.15, -0.1) is 11.3 Å². The minimum Gasteiger partial charge on any atom is -0.398 e. The van der Waals surface area contributed by atoms with E-state index in [0.717, 1.165) is 9.26 Å². The molecule has 2 rings (SSSR count). The molecule has 0 unspecified atom stereocenters. The summed E-state index contributed by atoms with van der Waals surface area (Å²) in [6, 6.07) is 4.19. The van der Waals surface area contributed by atoms with Crippen LogP contribution < -0.4 is 5.73 Å². The number of fused-ring (bicyclic) bond motifs is 1. The molecule has 4 heteroatoms. The molecule has 0 saturated heterocycles. The molecule has 62 valence electrons. The fraction of sp³-hybridized carbons (Fsp3) is 0. The third-order valence-corrected chi connectivity index (χ3v) is 4.84. The number of nitrogen functional groups attached to an aromatic ring is 1. The third-order valence-electron chi connectivity index (χ3n) is 1.65. The van der Waals surface area contributed by atoms with E-state index in [1.165, 1.54) is 13.7 Å².